The van der Waals surface area contributed by atoms with Crippen LogP contribution in [0.15, 0.2) is 17.5 Å². The SMILES string of the molecule is CCc1csc(Oc2c(C)cc(CN)cc2C)n1. The highest BCUT2D eigenvalue weighted by molar-refractivity contribution is 7.11. The lowest BCUT2D eigenvalue weighted by Crippen LogP contribution is -1.99. The molecule has 0 aliphatic carbocycles. The number of thiazole rings is 1. The topological polar surface area (TPSA) is 48.1 Å². The van der Waals surface area contributed by atoms with E-state index >= 15 is 0 Å². The molecule has 96 valence electrons. The van der Waals surface area contributed by atoms with E-state index in [1.54, 1.807) is 0 Å². The second-order valence-electron chi connectivity index (χ2n) is 4.32. The molecule has 0 saturated heterocycles. The molecule has 0 radical (unpaired) electrons. The molecule has 1 aromatic carbocycles. The summed E-state index contributed by atoms with van der Waals surface area (Å²) in [5.74, 6) is 0.893. The van der Waals surface area contributed by atoms with Gasteiger partial charge in [0.25, 0.3) is 5.19 Å². The maximum absolute atomic E-state index is 5.89. The number of nitrogens with zero attached hydrogens (tertiary/aromatic N) is 1. The zero-order chi connectivity index (χ0) is 13.1. The fourth-order valence-electron chi connectivity index (χ4n) is 1.90. The molecule has 0 aliphatic heterocycles. The number of hydrogen-bond acceptors (Lipinski definition) is 4. The molecule has 4 heteroatoms. The standard InChI is InChI=1S/C14H18N2OS/c1-4-12-8-18-14(16-12)17-13-9(2)5-11(7-15)6-10(13)3/h5-6,8H,4,7,15H2,1-3H3. The molecule has 0 bridgehead atoms. The Morgan fingerprint density at radius 2 is 1.94 bits per heavy atom. The minimum atomic E-state index is 0.555. The summed E-state index contributed by atoms with van der Waals surface area (Å²) in [6.07, 6.45) is 0.934. The van der Waals surface area contributed by atoms with Crippen molar-refractivity contribution in [2.75, 3.05) is 0 Å². The van der Waals surface area contributed by atoms with Gasteiger partial charge >= 0.3 is 0 Å². The lowest BCUT2D eigenvalue weighted by molar-refractivity contribution is 0.469. The van der Waals surface area contributed by atoms with Crippen LogP contribution in [0, 0.1) is 13.8 Å². The van der Waals surface area contributed by atoms with Crippen molar-refractivity contribution in [2.24, 2.45) is 5.73 Å². The van der Waals surface area contributed by atoms with Gasteiger partial charge in [0.1, 0.15) is 5.75 Å². The van der Waals surface area contributed by atoms with Crippen molar-refractivity contribution < 1.29 is 4.74 Å². The van der Waals surface area contributed by atoms with Crippen molar-refractivity contribution in [1.82, 2.24) is 4.98 Å². The molecule has 3 nitrogen and oxygen atoms in total. The fourth-order valence-corrected chi connectivity index (χ4v) is 2.66. The van der Waals surface area contributed by atoms with Crippen LogP contribution in [0.3, 0.4) is 0 Å². The van der Waals surface area contributed by atoms with Gasteiger partial charge in [0.05, 0.1) is 5.69 Å². The first-order chi connectivity index (χ1) is 8.63. The molecule has 0 saturated carbocycles. The maximum atomic E-state index is 5.89. The van der Waals surface area contributed by atoms with Crippen molar-refractivity contribution in [3.63, 3.8) is 0 Å². The van der Waals surface area contributed by atoms with Crippen LogP contribution in [-0.2, 0) is 13.0 Å². The molecule has 18 heavy (non-hydrogen) atoms. The number of ether oxygens (including phenoxy) is 1. The second-order valence-corrected chi connectivity index (χ2v) is 5.14. The molecule has 0 spiro atoms. The number of aryl methyl sites for hydroxylation is 3. The number of benzene rings is 1. The Bertz CT molecular complexity index is 525. The molecule has 0 aliphatic rings. The average Bonchev–Trinajstić information content (AvgIpc) is 2.81. The third-order valence-corrected chi connectivity index (χ3v) is 3.60. The largest absolute Gasteiger partial charge is 0.430 e. The molecule has 2 rings (SSSR count). The Kier molecular flexibility index (Phi) is 3.99. The fraction of sp³-hybridized carbons (Fsp3) is 0.357. The predicted octanol–water partition coefficient (Wildman–Crippen LogP) is 3.57. The van der Waals surface area contributed by atoms with E-state index < -0.39 is 0 Å². The van der Waals surface area contributed by atoms with Gasteiger partial charge in [-0.05, 0) is 37.0 Å². The van der Waals surface area contributed by atoms with E-state index in [1.165, 1.54) is 11.3 Å². The summed E-state index contributed by atoms with van der Waals surface area (Å²) in [6.45, 7) is 6.72. The molecule has 2 aromatic rings. The Morgan fingerprint density at radius 3 is 2.44 bits per heavy atom. The summed E-state index contributed by atoms with van der Waals surface area (Å²) in [5.41, 5.74) is 10.1. The third-order valence-electron chi connectivity index (χ3n) is 2.84. The normalized spacial score (nSPS) is 10.7. The first-order valence-electron chi connectivity index (χ1n) is 6.06. The summed E-state index contributed by atoms with van der Waals surface area (Å²) >= 11 is 1.54. The van der Waals surface area contributed by atoms with Crippen LogP contribution in [0.5, 0.6) is 10.9 Å². The molecule has 0 fully saturated rings. The molecule has 0 atom stereocenters. The first kappa shape index (κ1) is 13.1. The first-order valence-corrected chi connectivity index (χ1v) is 6.94. The van der Waals surface area contributed by atoms with E-state index in [1.807, 2.05) is 19.2 Å². The minimum Gasteiger partial charge on any atom is -0.430 e. The zero-order valence-corrected chi connectivity index (χ0v) is 11.8. The van der Waals surface area contributed by atoms with E-state index in [0.717, 1.165) is 34.6 Å². The van der Waals surface area contributed by atoms with Gasteiger partial charge in [-0.3, -0.25) is 0 Å². The Balaban J connectivity index is 2.28. The summed E-state index contributed by atoms with van der Waals surface area (Å²) in [7, 11) is 0. The molecule has 1 heterocycles. The zero-order valence-electron chi connectivity index (χ0n) is 11.0. The van der Waals surface area contributed by atoms with Crippen LogP contribution in [0.2, 0.25) is 0 Å². The van der Waals surface area contributed by atoms with Gasteiger partial charge in [-0.15, -0.1) is 0 Å². The number of nitrogens with two attached hydrogens (primary N) is 1. The van der Waals surface area contributed by atoms with Gasteiger partial charge in [0.15, 0.2) is 0 Å². The van der Waals surface area contributed by atoms with E-state index in [-0.39, 0.29) is 0 Å². The van der Waals surface area contributed by atoms with Gasteiger partial charge in [0.2, 0.25) is 0 Å². The number of rotatable bonds is 4. The van der Waals surface area contributed by atoms with Crippen molar-refractivity contribution in [1.29, 1.82) is 0 Å². The average molecular weight is 262 g/mol. The second kappa shape index (κ2) is 5.50. The van der Waals surface area contributed by atoms with Crippen LogP contribution in [0.1, 0.15) is 29.3 Å². The van der Waals surface area contributed by atoms with E-state index in [0.29, 0.717) is 11.7 Å². The van der Waals surface area contributed by atoms with Gasteiger partial charge in [-0.25, -0.2) is 4.98 Å². The van der Waals surface area contributed by atoms with Gasteiger partial charge in [-0.1, -0.05) is 30.4 Å². The molecule has 2 N–H and O–H groups in total. The predicted molar refractivity (Wildman–Crippen MR) is 75.4 cm³/mol. The highest BCUT2D eigenvalue weighted by Gasteiger charge is 2.09. The summed E-state index contributed by atoms with van der Waals surface area (Å²) < 4.78 is 5.89. The van der Waals surface area contributed by atoms with Gasteiger partial charge in [0, 0.05) is 11.9 Å². The number of hydrogen-bond donors (Lipinski definition) is 1. The molecule has 0 amide bonds. The monoisotopic (exact) mass is 262 g/mol. The molecule has 0 unspecified atom stereocenters. The van der Waals surface area contributed by atoms with Crippen molar-refractivity contribution in [3.05, 3.63) is 39.9 Å². The van der Waals surface area contributed by atoms with Gasteiger partial charge < -0.3 is 10.5 Å². The van der Waals surface area contributed by atoms with E-state index in [9.17, 15) is 0 Å². The van der Waals surface area contributed by atoms with Crippen LogP contribution in [0.25, 0.3) is 0 Å². The third kappa shape index (κ3) is 2.71. The van der Waals surface area contributed by atoms with E-state index in [4.69, 9.17) is 10.5 Å². The summed E-state index contributed by atoms with van der Waals surface area (Å²) in [6, 6.07) is 4.13. The Hall–Kier alpha value is -1.39. The molecule has 1 aromatic heterocycles. The Labute approximate surface area is 112 Å². The minimum absolute atomic E-state index is 0.555. The van der Waals surface area contributed by atoms with Crippen LogP contribution in [0.4, 0.5) is 0 Å². The van der Waals surface area contributed by atoms with Crippen molar-refractivity contribution in [3.8, 4) is 10.9 Å². The van der Waals surface area contributed by atoms with E-state index in [2.05, 4.69) is 24.0 Å². The molecular weight excluding hydrogens is 244 g/mol. The quantitative estimate of drug-likeness (QED) is 0.916. The van der Waals surface area contributed by atoms with Crippen LogP contribution < -0.4 is 10.5 Å². The number of aromatic nitrogens is 1. The molecular formula is C14H18N2OS. The summed E-state index contributed by atoms with van der Waals surface area (Å²) in [4.78, 5) is 4.42. The summed E-state index contributed by atoms with van der Waals surface area (Å²) in [5, 5.41) is 2.74. The van der Waals surface area contributed by atoms with Gasteiger partial charge in [-0.2, -0.15) is 0 Å². The lowest BCUT2D eigenvalue weighted by atomic mass is 10.1. The highest BCUT2D eigenvalue weighted by Crippen LogP contribution is 2.31. The lowest BCUT2D eigenvalue weighted by Gasteiger charge is -2.11. The Morgan fingerprint density at radius 1 is 1.28 bits per heavy atom. The van der Waals surface area contributed by atoms with Crippen molar-refractivity contribution >= 4 is 11.3 Å². The van der Waals surface area contributed by atoms with Crippen LogP contribution in [-0.4, -0.2) is 4.98 Å². The highest BCUT2D eigenvalue weighted by atomic mass is 32.1. The van der Waals surface area contributed by atoms with Crippen molar-refractivity contribution in [2.45, 2.75) is 33.7 Å². The smallest absolute Gasteiger partial charge is 0.278 e. The van der Waals surface area contributed by atoms with Crippen LogP contribution >= 0.6 is 11.3 Å². The maximum Gasteiger partial charge on any atom is 0.278 e.